The number of nitrogens with one attached hydrogen (secondary N) is 1. The molecule has 0 saturated carbocycles. The van der Waals surface area contributed by atoms with Crippen molar-refractivity contribution in [2.75, 3.05) is 13.1 Å². The average Bonchev–Trinajstić information content (AvgIpc) is 2.57. The quantitative estimate of drug-likeness (QED) is 0.850. The van der Waals surface area contributed by atoms with Crippen LogP contribution in [0.2, 0.25) is 0 Å². The molecule has 1 saturated heterocycles. The zero-order valence-electron chi connectivity index (χ0n) is 13.8. The van der Waals surface area contributed by atoms with Gasteiger partial charge in [0.1, 0.15) is 0 Å². The number of piperidine rings is 1. The molecule has 1 amide bonds. The lowest BCUT2D eigenvalue weighted by Crippen LogP contribution is -2.47. The number of nitrogens with zero attached hydrogens (tertiary/aromatic N) is 2. The van der Waals surface area contributed by atoms with Gasteiger partial charge < -0.3 is 5.32 Å². The second-order valence-corrected chi connectivity index (χ2v) is 6.75. The molecule has 2 heterocycles. The molecule has 1 aromatic rings. The van der Waals surface area contributed by atoms with Gasteiger partial charge in [0.2, 0.25) is 5.91 Å². The van der Waals surface area contributed by atoms with E-state index in [4.69, 9.17) is 0 Å². The van der Waals surface area contributed by atoms with Gasteiger partial charge in [0.25, 0.3) is 0 Å². The van der Waals surface area contributed by atoms with Crippen molar-refractivity contribution in [1.29, 1.82) is 0 Å². The van der Waals surface area contributed by atoms with Crippen LogP contribution in [0.1, 0.15) is 50.6 Å². The maximum Gasteiger partial charge on any atom is 0.224 e. The number of amides is 1. The number of rotatable bonds is 5. The van der Waals surface area contributed by atoms with Crippen molar-refractivity contribution in [2.45, 2.75) is 57.5 Å². The van der Waals surface area contributed by atoms with Crippen LogP contribution in [0.4, 0.5) is 0 Å². The van der Waals surface area contributed by atoms with Gasteiger partial charge in [-0.1, -0.05) is 17.7 Å². The van der Waals surface area contributed by atoms with Gasteiger partial charge in [-0.3, -0.25) is 14.7 Å². The first-order valence-electron chi connectivity index (χ1n) is 8.89. The minimum atomic E-state index is 0.197. The molecule has 4 heteroatoms. The van der Waals surface area contributed by atoms with E-state index in [2.05, 4.69) is 27.3 Å². The molecule has 23 heavy (non-hydrogen) atoms. The third kappa shape index (κ3) is 5.17. The third-order valence-corrected chi connectivity index (χ3v) is 4.76. The fourth-order valence-corrected chi connectivity index (χ4v) is 3.59. The lowest BCUT2D eigenvalue weighted by Gasteiger charge is -2.33. The topological polar surface area (TPSA) is 45.2 Å². The summed E-state index contributed by atoms with van der Waals surface area (Å²) in [6.07, 6.45) is 11.7. The summed E-state index contributed by atoms with van der Waals surface area (Å²) >= 11 is 0. The maximum atomic E-state index is 12.3. The van der Waals surface area contributed by atoms with E-state index in [1.54, 1.807) is 0 Å². The first-order chi connectivity index (χ1) is 11.3. The van der Waals surface area contributed by atoms with Crippen molar-refractivity contribution in [1.82, 2.24) is 15.2 Å². The van der Waals surface area contributed by atoms with Crippen LogP contribution in [0.5, 0.6) is 0 Å². The van der Waals surface area contributed by atoms with Crippen LogP contribution < -0.4 is 5.32 Å². The smallest absolute Gasteiger partial charge is 0.224 e. The summed E-state index contributed by atoms with van der Waals surface area (Å²) < 4.78 is 0. The molecular weight excluding hydrogens is 286 g/mol. The molecule has 4 nitrogen and oxygen atoms in total. The van der Waals surface area contributed by atoms with Gasteiger partial charge in [-0.25, -0.2) is 0 Å². The molecule has 124 valence electrons. The average molecular weight is 313 g/mol. The molecule has 1 aliphatic heterocycles. The predicted molar refractivity (Wildman–Crippen MR) is 91.8 cm³/mol. The molecular formula is C19H27N3O. The van der Waals surface area contributed by atoms with E-state index in [1.807, 2.05) is 18.3 Å². The van der Waals surface area contributed by atoms with E-state index >= 15 is 0 Å². The second-order valence-electron chi connectivity index (χ2n) is 6.75. The number of aromatic nitrogens is 1. The van der Waals surface area contributed by atoms with Crippen LogP contribution in [0.3, 0.4) is 0 Å². The van der Waals surface area contributed by atoms with Crippen molar-refractivity contribution in [3.63, 3.8) is 0 Å². The Labute approximate surface area is 139 Å². The van der Waals surface area contributed by atoms with E-state index in [1.165, 1.54) is 18.4 Å². The fraction of sp³-hybridized carbons (Fsp3) is 0.579. The molecule has 0 radical (unpaired) electrons. The Morgan fingerprint density at radius 2 is 2.26 bits per heavy atom. The van der Waals surface area contributed by atoms with Gasteiger partial charge in [0.15, 0.2) is 0 Å². The standard InChI is InChI=1S/C19H27N3O/c23-19(13-16-7-2-1-3-8-16)21-18-10-6-12-22(15-18)14-17-9-4-5-11-20-17/h4-5,7,9,11,18H,1-3,6,8,10,12-15H2,(H,21,23)/t18-/m1/s1. The van der Waals surface area contributed by atoms with Crippen LogP contribution in [0, 0.1) is 0 Å². The Morgan fingerprint density at radius 1 is 1.30 bits per heavy atom. The number of carbonyl (C=O) groups is 1. The van der Waals surface area contributed by atoms with Crippen molar-refractivity contribution in [3.05, 3.63) is 41.7 Å². The van der Waals surface area contributed by atoms with Crippen LogP contribution in [-0.2, 0) is 11.3 Å². The van der Waals surface area contributed by atoms with Crippen LogP contribution in [0.15, 0.2) is 36.0 Å². The van der Waals surface area contributed by atoms with Crippen molar-refractivity contribution in [3.8, 4) is 0 Å². The Morgan fingerprint density at radius 3 is 3.04 bits per heavy atom. The molecule has 1 aliphatic carbocycles. The van der Waals surface area contributed by atoms with Crippen molar-refractivity contribution < 1.29 is 4.79 Å². The summed E-state index contributed by atoms with van der Waals surface area (Å²) in [5, 5.41) is 3.24. The van der Waals surface area contributed by atoms with E-state index in [9.17, 15) is 4.79 Å². The van der Waals surface area contributed by atoms with Gasteiger partial charge in [-0.05, 0) is 57.2 Å². The third-order valence-electron chi connectivity index (χ3n) is 4.76. The number of pyridine rings is 1. The molecule has 0 unspecified atom stereocenters. The van der Waals surface area contributed by atoms with Gasteiger partial charge >= 0.3 is 0 Å². The summed E-state index contributed by atoms with van der Waals surface area (Å²) in [5.74, 6) is 0.197. The molecule has 2 aliphatic rings. The summed E-state index contributed by atoms with van der Waals surface area (Å²) in [6.45, 7) is 2.90. The van der Waals surface area contributed by atoms with Gasteiger partial charge in [-0.15, -0.1) is 0 Å². The van der Waals surface area contributed by atoms with E-state index in [0.717, 1.165) is 51.0 Å². The highest BCUT2D eigenvalue weighted by Crippen LogP contribution is 2.20. The number of carbonyl (C=O) groups excluding carboxylic acids is 1. The van der Waals surface area contributed by atoms with Gasteiger partial charge in [-0.2, -0.15) is 0 Å². The predicted octanol–water partition coefficient (Wildman–Crippen LogP) is 3.05. The van der Waals surface area contributed by atoms with Crippen molar-refractivity contribution in [2.24, 2.45) is 0 Å². The van der Waals surface area contributed by atoms with Gasteiger partial charge in [0.05, 0.1) is 5.69 Å². The molecule has 0 aromatic carbocycles. The Hall–Kier alpha value is -1.68. The number of allylic oxidation sites excluding steroid dienone is 1. The Kier molecular flexibility index (Phi) is 5.81. The summed E-state index contributed by atoms with van der Waals surface area (Å²) in [7, 11) is 0. The highest BCUT2D eigenvalue weighted by molar-refractivity contribution is 5.78. The summed E-state index contributed by atoms with van der Waals surface area (Å²) in [6, 6.07) is 6.33. The van der Waals surface area contributed by atoms with Crippen molar-refractivity contribution >= 4 is 5.91 Å². The highest BCUT2D eigenvalue weighted by Gasteiger charge is 2.22. The highest BCUT2D eigenvalue weighted by atomic mass is 16.1. The molecule has 1 N–H and O–H groups in total. The lowest BCUT2D eigenvalue weighted by molar-refractivity contribution is -0.121. The largest absolute Gasteiger partial charge is 0.352 e. The summed E-state index contributed by atoms with van der Waals surface area (Å²) in [5.41, 5.74) is 2.43. The fourth-order valence-electron chi connectivity index (χ4n) is 3.59. The monoisotopic (exact) mass is 313 g/mol. The van der Waals surface area contributed by atoms with E-state index < -0.39 is 0 Å². The van der Waals surface area contributed by atoms with E-state index in [0.29, 0.717) is 6.42 Å². The minimum Gasteiger partial charge on any atom is -0.352 e. The number of likely N-dealkylation sites (tertiary alicyclic amines) is 1. The molecule has 1 atom stereocenters. The maximum absolute atomic E-state index is 12.3. The molecule has 1 aromatic heterocycles. The lowest BCUT2D eigenvalue weighted by atomic mass is 9.96. The van der Waals surface area contributed by atoms with Crippen LogP contribution >= 0.6 is 0 Å². The first kappa shape index (κ1) is 16.2. The van der Waals surface area contributed by atoms with Crippen LogP contribution in [-0.4, -0.2) is 34.9 Å². The van der Waals surface area contributed by atoms with E-state index in [-0.39, 0.29) is 11.9 Å². The zero-order chi connectivity index (χ0) is 15.9. The Balaban J connectivity index is 1.46. The zero-order valence-corrected chi connectivity index (χ0v) is 13.8. The van der Waals surface area contributed by atoms with Gasteiger partial charge in [0, 0.05) is 31.7 Å². The molecule has 1 fully saturated rings. The normalized spacial score (nSPS) is 22.4. The first-order valence-corrected chi connectivity index (χ1v) is 8.89. The SMILES string of the molecule is O=C(CC1=CCCCC1)N[C@@H]1CCCN(Cc2ccccn2)C1. The second kappa shape index (κ2) is 8.25. The minimum absolute atomic E-state index is 0.197. The number of hydrogen-bond donors (Lipinski definition) is 1. The van der Waals surface area contributed by atoms with Crippen LogP contribution in [0.25, 0.3) is 0 Å². The molecule has 3 rings (SSSR count). The Bertz CT molecular complexity index is 541. The number of hydrogen-bond acceptors (Lipinski definition) is 3. The molecule has 0 bridgehead atoms. The summed E-state index contributed by atoms with van der Waals surface area (Å²) in [4.78, 5) is 19.1. The molecule has 0 spiro atoms.